The van der Waals surface area contributed by atoms with Crippen LogP contribution in [0, 0.1) is 13.8 Å². The number of aryl methyl sites for hydroxylation is 2. The van der Waals surface area contributed by atoms with Crippen LogP contribution in [0.3, 0.4) is 0 Å². The van der Waals surface area contributed by atoms with Crippen LogP contribution in [-0.4, -0.2) is 26.0 Å². The quantitative estimate of drug-likeness (QED) is 0.854. The van der Waals surface area contributed by atoms with Gasteiger partial charge in [0.2, 0.25) is 0 Å². The molecule has 1 aromatic rings. The molecule has 1 fully saturated rings. The van der Waals surface area contributed by atoms with Crippen molar-refractivity contribution in [3.05, 3.63) is 27.7 Å². The van der Waals surface area contributed by atoms with Crippen molar-refractivity contribution in [1.82, 2.24) is 0 Å². The molecule has 100 valence electrons. The van der Waals surface area contributed by atoms with Gasteiger partial charge in [0.1, 0.15) is 11.9 Å². The Morgan fingerprint density at radius 1 is 1.22 bits per heavy atom. The second-order valence-electron chi connectivity index (χ2n) is 5.03. The van der Waals surface area contributed by atoms with E-state index in [-0.39, 0.29) is 11.4 Å². The van der Waals surface area contributed by atoms with Gasteiger partial charge in [0, 0.05) is 23.6 Å². The maximum Gasteiger partial charge on any atom is 0.150 e. The Hall–Kier alpha value is -0.550. The molecule has 1 aromatic carbocycles. The predicted molar refractivity (Wildman–Crippen MR) is 75.9 cm³/mol. The fourth-order valence-corrected chi connectivity index (χ4v) is 3.49. The predicted octanol–water partition coefficient (Wildman–Crippen LogP) is 3.02. The minimum atomic E-state index is -2.90. The lowest BCUT2D eigenvalue weighted by Gasteiger charge is -2.34. The second kappa shape index (κ2) is 4.85. The molecule has 1 aliphatic rings. The van der Waals surface area contributed by atoms with Crippen molar-refractivity contribution in [3.8, 4) is 5.75 Å². The summed E-state index contributed by atoms with van der Waals surface area (Å²) in [4.78, 5) is 0. The summed E-state index contributed by atoms with van der Waals surface area (Å²) in [6.45, 7) is 4.04. The van der Waals surface area contributed by atoms with Gasteiger partial charge in [-0.1, -0.05) is 15.9 Å². The molecule has 0 saturated heterocycles. The lowest BCUT2D eigenvalue weighted by molar-refractivity contribution is 0.123. The summed E-state index contributed by atoms with van der Waals surface area (Å²) < 4.78 is 29.5. The Kier molecular flexibility index (Phi) is 3.74. The van der Waals surface area contributed by atoms with E-state index < -0.39 is 9.84 Å². The maximum atomic E-state index is 11.3. The van der Waals surface area contributed by atoms with Gasteiger partial charge in [0.15, 0.2) is 9.84 Å². The fourth-order valence-electron chi connectivity index (χ4n) is 2.13. The van der Waals surface area contributed by atoms with E-state index in [0.717, 1.165) is 21.3 Å². The zero-order chi connectivity index (χ0) is 13.5. The van der Waals surface area contributed by atoms with Gasteiger partial charge in [-0.15, -0.1) is 0 Å². The van der Waals surface area contributed by atoms with Crippen molar-refractivity contribution < 1.29 is 13.2 Å². The number of hydrogen-bond donors (Lipinski definition) is 0. The van der Waals surface area contributed by atoms with Crippen LogP contribution in [0.15, 0.2) is 16.6 Å². The molecular weight excluding hydrogens is 316 g/mol. The van der Waals surface area contributed by atoms with E-state index in [4.69, 9.17) is 4.74 Å². The molecule has 1 aliphatic carbocycles. The van der Waals surface area contributed by atoms with Gasteiger partial charge in [-0.05, 0) is 37.1 Å². The molecule has 0 unspecified atom stereocenters. The molecule has 0 aliphatic heterocycles. The van der Waals surface area contributed by atoms with E-state index in [1.165, 1.54) is 6.26 Å². The largest absolute Gasteiger partial charge is 0.490 e. The minimum Gasteiger partial charge on any atom is -0.490 e. The van der Waals surface area contributed by atoms with Crippen molar-refractivity contribution in [2.24, 2.45) is 0 Å². The average Bonchev–Trinajstić information content (AvgIpc) is 2.17. The number of halogens is 1. The molecule has 5 heteroatoms. The third-order valence-electron chi connectivity index (χ3n) is 3.37. The highest BCUT2D eigenvalue weighted by Crippen LogP contribution is 2.33. The smallest absolute Gasteiger partial charge is 0.150 e. The molecule has 1 saturated carbocycles. The van der Waals surface area contributed by atoms with Crippen molar-refractivity contribution in [1.29, 1.82) is 0 Å². The Morgan fingerprint density at radius 2 is 1.72 bits per heavy atom. The zero-order valence-corrected chi connectivity index (χ0v) is 13.1. The highest BCUT2D eigenvalue weighted by molar-refractivity contribution is 9.10. The summed E-state index contributed by atoms with van der Waals surface area (Å²) in [5.74, 6) is 0.824. The lowest BCUT2D eigenvalue weighted by Crippen LogP contribution is -2.42. The molecule has 0 heterocycles. The first kappa shape index (κ1) is 13.9. The van der Waals surface area contributed by atoms with Crippen molar-refractivity contribution >= 4 is 25.8 Å². The maximum absolute atomic E-state index is 11.3. The van der Waals surface area contributed by atoms with Gasteiger partial charge in [0.25, 0.3) is 0 Å². The van der Waals surface area contributed by atoms with Crippen LogP contribution in [0.1, 0.15) is 24.0 Å². The SMILES string of the molecule is Cc1cc(OC2CC(S(C)(=O)=O)C2)cc(C)c1Br. The molecular formula is C13H17BrO3S. The van der Waals surface area contributed by atoms with Crippen LogP contribution >= 0.6 is 15.9 Å². The molecule has 0 radical (unpaired) electrons. The number of hydrogen-bond acceptors (Lipinski definition) is 3. The minimum absolute atomic E-state index is 0.0321. The third-order valence-corrected chi connectivity index (χ3v) is 6.22. The molecule has 18 heavy (non-hydrogen) atoms. The lowest BCUT2D eigenvalue weighted by atomic mass is 9.95. The van der Waals surface area contributed by atoms with E-state index in [1.54, 1.807) is 0 Å². The number of rotatable bonds is 3. The third kappa shape index (κ3) is 2.88. The van der Waals surface area contributed by atoms with E-state index >= 15 is 0 Å². The topological polar surface area (TPSA) is 43.4 Å². The van der Waals surface area contributed by atoms with Crippen LogP contribution in [-0.2, 0) is 9.84 Å². The number of benzene rings is 1. The molecule has 0 bridgehead atoms. The normalized spacial score (nSPS) is 23.6. The summed E-state index contributed by atoms with van der Waals surface area (Å²) in [5.41, 5.74) is 2.26. The summed E-state index contributed by atoms with van der Waals surface area (Å²) >= 11 is 3.51. The fraction of sp³-hybridized carbons (Fsp3) is 0.538. The molecule has 3 nitrogen and oxygen atoms in total. The first-order valence-electron chi connectivity index (χ1n) is 5.89. The standard InChI is InChI=1S/C13H17BrO3S/c1-8-4-10(5-9(2)13(8)14)17-11-6-12(7-11)18(3,15)16/h4-5,11-12H,6-7H2,1-3H3. The van der Waals surface area contributed by atoms with E-state index in [1.807, 2.05) is 26.0 Å². The molecule has 0 spiro atoms. The Labute approximate surface area is 117 Å². The summed E-state index contributed by atoms with van der Waals surface area (Å²) in [6, 6.07) is 3.95. The molecule has 0 aromatic heterocycles. The number of ether oxygens (including phenoxy) is 1. The second-order valence-corrected chi connectivity index (χ2v) is 8.15. The van der Waals surface area contributed by atoms with Gasteiger partial charge in [-0.3, -0.25) is 0 Å². The molecule has 2 rings (SSSR count). The number of sulfone groups is 1. The first-order valence-corrected chi connectivity index (χ1v) is 8.64. The summed E-state index contributed by atoms with van der Waals surface area (Å²) in [5, 5.41) is -0.222. The van der Waals surface area contributed by atoms with Crippen LogP contribution in [0.4, 0.5) is 0 Å². The Balaban J connectivity index is 2.01. The van der Waals surface area contributed by atoms with Crippen molar-refractivity contribution in [3.63, 3.8) is 0 Å². The molecule has 0 atom stereocenters. The van der Waals surface area contributed by atoms with Crippen molar-refractivity contribution in [2.45, 2.75) is 38.0 Å². The Bertz CT molecular complexity index is 537. The van der Waals surface area contributed by atoms with E-state index in [0.29, 0.717) is 12.8 Å². The zero-order valence-electron chi connectivity index (χ0n) is 10.7. The van der Waals surface area contributed by atoms with Gasteiger partial charge in [-0.2, -0.15) is 0 Å². The van der Waals surface area contributed by atoms with Crippen LogP contribution in [0.5, 0.6) is 5.75 Å². The van der Waals surface area contributed by atoms with Crippen molar-refractivity contribution in [2.75, 3.05) is 6.26 Å². The van der Waals surface area contributed by atoms with Gasteiger partial charge in [-0.25, -0.2) is 8.42 Å². The highest BCUT2D eigenvalue weighted by atomic mass is 79.9. The van der Waals surface area contributed by atoms with Crippen LogP contribution in [0.25, 0.3) is 0 Å². The summed E-state index contributed by atoms with van der Waals surface area (Å²) in [6.07, 6.45) is 2.53. The van der Waals surface area contributed by atoms with Gasteiger partial charge < -0.3 is 4.74 Å². The monoisotopic (exact) mass is 332 g/mol. The summed E-state index contributed by atoms with van der Waals surface area (Å²) in [7, 11) is -2.90. The van der Waals surface area contributed by atoms with Crippen LogP contribution < -0.4 is 4.74 Å². The van der Waals surface area contributed by atoms with Gasteiger partial charge >= 0.3 is 0 Å². The highest BCUT2D eigenvalue weighted by Gasteiger charge is 2.37. The average molecular weight is 333 g/mol. The van der Waals surface area contributed by atoms with E-state index in [2.05, 4.69) is 15.9 Å². The first-order chi connectivity index (χ1) is 8.27. The Morgan fingerprint density at radius 3 is 2.17 bits per heavy atom. The van der Waals surface area contributed by atoms with Crippen LogP contribution in [0.2, 0.25) is 0 Å². The molecule has 0 N–H and O–H groups in total. The molecule has 0 amide bonds. The van der Waals surface area contributed by atoms with E-state index in [9.17, 15) is 8.42 Å². The van der Waals surface area contributed by atoms with Gasteiger partial charge in [0.05, 0.1) is 5.25 Å².